The molecule has 2 heterocycles. The SMILES string of the molecule is CCOC(CN(C(=O)Nc1cnc2c(n1)CCN(CC)CC2)C1CCC(CCC(=O)OC)CC1)OCC. The summed E-state index contributed by atoms with van der Waals surface area (Å²) in [6.45, 7) is 10.3. The number of nitrogens with one attached hydrogen (secondary N) is 1. The van der Waals surface area contributed by atoms with Gasteiger partial charge in [0.05, 0.1) is 31.2 Å². The van der Waals surface area contributed by atoms with Crippen LogP contribution < -0.4 is 5.32 Å². The number of likely N-dealkylation sites (N-methyl/N-ethyl adjacent to an activating group) is 1. The molecule has 1 aromatic heterocycles. The number of ether oxygens (including phenoxy) is 3. The fourth-order valence-electron chi connectivity index (χ4n) is 5.31. The Balaban J connectivity index is 1.68. The average Bonchev–Trinajstić information content (AvgIpc) is 3.12. The van der Waals surface area contributed by atoms with E-state index in [0.717, 1.165) is 76.0 Å². The maximum absolute atomic E-state index is 13.6. The minimum absolute atomic E-state index is 0.0599. The number of nitrogens with zero attached hydrogens (tertiary/aromatic N) is 4. The number of methoxy groups -OCH3 is 1. The maximum atomic E-state index is 13.6. The van der Waals surface area contributed by atoms with Crippen LogP contribution in [0.5, 0.6) is 0 Å². The molecule has 0 spiro atoms. The second-order valence-corrected chi connectivity index (χ2v) is 9.80. The lowest BCUT2D eigenvalue weighted by Gasteiger charge is -2.38. The normalized spacial score (nSPS) is 20.2. The molecular formula is C27H45N5O5. The van der Waals surface area contributed by atoms with Gasteiger partial charge in [-0.25, -0.2) is 9.78 Å². The number of hydrogen-bond donors (Lipinski definition) is 1. The molecule has 2 aliphatic rings. The van der Waals surface area contributed by atoms with Crippen molar-refractivity contribution in [3.63, 3.8) is 0 Å². The largest absolute Gasteiger partial charge is 0.469 e. The molecule has 1 aromatic rings. The van der Waals surface area contributed by atoms with Crippen LogP contribution in [-0.4, -0.2) is 90.6 Å². The molecule has 10 heteroatoms. The third kappa shape index (κ3) is 8.90. The average molecular weight is 520 g/mol. The Labute approximate surface area is 221 Å². The molecule has 0 radical (unpaired) electrons. The van der Waals surface area contributed by atoms with Crippen molar-refractivity contribution in [2.45, 2.75) is 84.5 Å². The third-order valence-corrected chi connectivity index (χ3v) is 7.50. The first-order chi connectivity index (χ1) is 18.0. The van der Waals surface area contributed by atoms with E-state index >= 15 is 0 Å². The number of fused-ring (bicyclic) bond motifs is 1. The van der Waals surface area contributed by atoms with Crippen LogP contribution in [0.4, 0.5) is 10.6 Å². The number of esters is 1. The van der Waals surface area contributed by atoms with Gasteiger partial charge in [0, 0.05) is 51.6 Å². The van der Waals surface area contributed by atoms with Crippen LogP contribution in [0.1, 0.15) is 70.7 Å². The summed E-state index contributed by atoms with van der Waals surface area (Å²) < 4.78 is 16.4. The van der Waals surface area contributed by atoms with Gasteiger partial charge in [-0.3, -0.25) is 15.1 Å². The molecule has 3 rings (SSSR count). The number of rotatable bonds is 12. The van der Waals surface area contributed by atoms with Crippen LogP contribution in [-0.2, 0) is 31.8 Å². The molecule has 1 saturated carbocycles. The van der Waals surface area contributed by atoms with E-state index in [1.165, 1.54) is 7.11 Å². The highest BCUT2D eigenvalue weighted by molar-refractivity contribution is 5.88. The highest BCUT2D eigenvalue weighted by atomic mass is 16.7. The van der Waals surface area contributed by atoms with Gasteiger partial charge in [0.25, 0.3) is 0 Å². The van der Waals surface area contributed by atoms with Crippen LogP contribution >= 0.6 is 0 Å². The van der Waals surface area contributed by atoms with Crippen molar-refractivity contribution in [1.29, 1.82) is 0 Å². The molecule has 0 unspecified atom stereocenters. The Bertz CT molecular complexity index is 856. The van der Waals surface area contributed by atoms with Gasteiger partial charge in [-0.05, 0) is 58.4 Å². The summed E-state index contributed by atoms with van der Waals surface area (Å²) in [6.07, 6.45) is 7.82. The summed E-state index contributed by atoms with van der Waals surface area (Å²) in [5, 5.41) is 3.01. The van der Waals surface area contributed by atoms with Crippen molar-refractivity contribution in [2.24, 2.45) is 5.92 Å². The van der Waals surface area contributed by atoms with Crippen molar-refractivity contribution in [2.75, 3.05) is 51.8 Å². The minimum Gasteiger partial charge on any atom is -0.469 e. The number of carbonyl (C=O) groups is 2. The molecule has 2 amide bonds. The number of hydrogen-bond acceptors (Lipinski definition) is 8. The van der Waals surface area contributed by atoms with Crippen LogP contribution in [0.3, 0.4) is 0 Å². The predicted molar refractivity (Wildman–Crippen MR) is 141 cm³/mol. The predicted octanol–water partition coefficient (Wildman–Crippen LogP) is 3.64. The van der Waals surface area contributed by atoms with E-state index in [2.05, 4.69) is 22.1 Å². The Hall–Kier alpha value is -2.30. The molecule has 37 heavy (non-hydrogen) atoms. The number of amides is 2. The smallest absolute Gasteiger partial charge is 0.323 e. The van der Waals surface area contributed by atoms with Crippen LogP contribution in [0.25, 0.3) is 0 Å². The molecule has 208 valence electrons. The lowest BCUT2D eigenvalue weighted by molar-refractivity contribution is -0.146. The summed E-state index contributed by atoms with van der Waals surface area (Å²) in [7, 11) is 1.43. The standard InChI is InChI=1S/C27H45N5O5/c1-5-31-16-14-22-23(15-17-31)29-24(18-28-22)30-27(34)32(19-26(36-6-2)37-7-3)21-11-8-20(9-12-21)10-13-25(33)35-4/h18,20-21,26H,5-17,19H2,1-4H3,(H,29,30,34). The van der Waals surface area contributed by atoms with Crippen molar-refractivity contribution in [1.82, 2.24) is 19.8 Å². The van der Waals surface area contributed by atoms with Crippen LogP contribution in [0.15, 0.2) is 6.20 Å². The Morgan fingerprint density at radius 2 is 1.76 bits per heavy atom. The first-order valence-electron chi connectivity index (χ1n) is 13.9. The molecule has 0 saturated heterocycles. The van der Waals surface area contributed by atoms with Gasteiger partial charge < -0.3 is 24.0 Å². The first-order valence-corrected chi connectivity index (χ1v) is 13.9. The second-order valence-electron chi connectivity index (χ2n) is 9.80. The Morgan fingerprint density at radius 3 is 2.38 bits per heavy atom. The fraction of sp³-hybridized carbons (Fsp3) is 0.778. The number of aromatic nitrogens is 2. The van der Waals surface area contributed by atoms with E-state index in [1.807, 2.05) is 18.7 Å². The van der Waals surface area contributed by atoms with E-state index in [-0.39, 0.29) is 18.0 Å². The second kappa shape index (κ2) is 15.2. The molecule has 0 bridgehead atoms. The van der Waals surface area contributed by atoms with Gasteiger partial charge in [0.2, 0.25) is 0 Å². The Kier molecular flexibility index (Phi) is 12.0. The van der Waals surface area contributed by atoms with Crippen LogP contribution in [0.2, 0.25) is 0 Å². The monoisotopic (exact) mass is 519 g/mol. The molecule has 0 aromatic carbocycles. The van der Waals surface area contributed by atoms with Crippen molar-refractivity contribution in [3.05, 3.63) is 17.6 Å². The summed E-state index contributed by atoms with van der Waals surface area (Å²) >= 11 is 0. The number of carbonyl (C=O) groups excluding carboxylic acids is 2. The first kappa shape index (κ1) is 29.3. The highest BCUT2D eigenvalue weighted by Gasteiger charge is 2.31. The molecule has 0 atom stereocenters. The molecule has 1 N–H and O–H groups in total. The fourth-order valence-corrected chi connectivity index (χ4v) is 5.31. The van der Waals surface area contributed by atoms with E-state index in [4.69, 9.17) is 19.2 Å². The summed E-state index contributed by atoms with van der Waals surface area (Å²) in [5.41, 5.74) is 1.98. The van der Waals surface area contributed by atoms with Crippen LogP contribution in [0, 0.1) is 5.92 Å². The highest BCUT2D eigenvalue weighted by Crippen LogP contribution is 2.31. The third-order valence-electron chi connectivity index (χ3n) is 7.50. The zero-order valence-corrected chi connectivity index (χ0v) is 23.0. The van der Waals surface area contributed by atoms with E-state index in [0.29, 0.717) is 37.9 Å². The molecule has 1 aliphatic carbocycles. The zero-order valence-electron chi connectivity index (χ0n) is 23.0. The maximum Gasteiger partial charge on any atom is 0.323 e. The number of urea groups is 1. The molecule has 10 nitrogen and oxygen atoms in total. The topological polar surface area (TPSA) is 106 Å². The van der Waals surface area contributed by atoms with Gasteiger partial charge in [-0.1, -0.05) is 6.92 Å². The van der Waals surface area contributed by atoms with E-state index in [9.17, 15) is 9.59 Å². The van der Waals surface area contributed by atoms with Gasteiger partial charge in [-0.2, -0.15) is 0 Å². The van der Waals surface area contributed by atoms with Gasteiger partial charge >= 0.3 is 12.0 Å². The van der Waals surface area contributed by atoms with Gasteiger partial charge in [-0.15, -0.1) is 0 Å². The lowest BCUT2D eigenvalue weighted by atomic mass is 9.83. The van der Waals surface area contributed by atoms with Gasteiger partial charge in [0.15, 0.2) is 12.1 Å². The van der Waals surface area contributed by atoms with Crippen molar-refractivity contribution in [3.8, 4) is 0 Å². The quantitative estimate of drug-likeness (QED) is 0.330. The molecular weight excluding hydrogens is 474 g/mol. The molecule has 1 aliphatic heterocycles. The van der Waals surface area contributed by atoms with Crippen molar-refractivity contribution < 1.29 is 23.8 Å². The van der Waals surface area contributed by atoms with Crippen molar-refractivity contribution >= 4 is 17.8 Å². The molecule has 1 fully saturated rings. The summed E-state index contributed by atoms with van der Waals surface area (Å²) in [4.78, 5) is 38.8. The summed E-state index contributed by atoms with van der Waals surface area (Å²) in [5.74, 6) is 0.784. The Morgan fingerprint density at radius 1 is 1.08 bits per heavy atom. The minimum atomic E-state index is -0.490. The zero-order chi connectivity index (χ0) is 26.6. The van der Waals surface area contributed by atoms with E-state index < -0.39 is 6.29 Å². The lowest BCUT2D eigenvalue weighted by Crippen LogP contribution is -2.49. The van der Waals surface area contributed by atoms with Gasteiger partial charge in [0.1, 0.15) is 0 Å². The summed E-state index contributed by atoms with van der Waals surface area (Å²) in [6, 6.07) is -0.148. The van der Waals surface area contributed by atoms with E-state index in [1.54, 1.807) is 6.20 Å². The number of anilines is 1.